The standard InChI is InChI=1S/C13H15F2N3O3S2/c1-2-3-8-23(19,20)18-13-16-11(17-22-13)9-4-6-10(7-5-9)21-12(14)15/h4-7,12H,2-3,8H2,1H3,(H,16,17,18). The van der Waals surface area contributed by atoms with Gasteiger partial charge in [0.25, 0.3) is 0 Å². The van der Waals surface area contributed by atoms with Crippen LogP contribution in [-0.2, 0) is 10.0 Å². The lowest BCUT2D eigenvalue weighted by molar-refractivity contribution is -0.0498. The van der Waals surface area contributed by atoms with E-state index in [9.17, 15) is 17.2 Å². The van der Waals surface area contributed by atoms with E-state index in [1.54, 1.807) is 0 Å². The summed E-state index contributed by atoms with van der Waals surface area (Å²) in [7, 11) is -3.43. The molecule has 0 amide bonds. The van der Waals surface area contributed by atoms with Crippen molar-refractivity contribution in [2.45, 2.75) is 26.4 Å². The SMILES string of the molecule is CCCCS(=O)(=O)Nc1nc(-c2ccc(OC(F)F)cc2)ns1. The van der Waals surface area contributed by atoms with E-state index in [0.717, 1.165) is 18.0 Å². The molecule has 0 bridgehead atoms. The van der Waals surface area contributed by atoms with Crippen molar-refractivity contribution in [1.82, 2.24) is 9.36 Å². The molecule has 23 heavy (non-hydrogen) atoms. The molecule has 0 saturated carbocycles. The Kier molecular flexibility index (Phi) is 5.83. The van der Waals surface area contributed by atoms with Crippen LogP contribution in [0.4, 0.5) is 13.9 Å². The Morgan fingerprint density at radius 1 is 1.30 bits per heavy atom. The summed E-state index contributed by atoms with van der Waals surface area (Å²) in [6.45, 7) is -0.984. The molecule has 0 aliphatic rings. The molecule has 10 heteroatoms. The molecule has 0 aliphatic carbocycles. The number of nitrogens with zero attached hydrogens (tertiary/aromatic N) is 2. The number of anilines is 1. The molecule has 126 valence electrons. The van der Waals surface area contributed by atoms with Gasteiger partial charge in [-0.05, 0) is 30.7 Å². The van der Waals surface area contributed by atoms with Gasteiger partial charge < -0.3 is 4.74 Å². The average Bonchev–Trinajstić information content (AvgIpc) is 2.93. The number of aromatic nitrogens is 2. The van der Waals surface area contributed by atoms with Crippen molar-refractivity contribution < 1.29 is 21.9 Å². The molecule has 1 N–H and O–H groups in total. The van der Waals surface area contributed by atoms with Crippen LogP contribution in [-0.4, -0.2) is 30.1 Å². The fraction of sp³-hybridized carbons (Fsp3) is 0.385. The highest BCUT2D eigenvalue weighted by Crippen LogP contribution is 2.24. The van der Waals surface area contributed by atoms with E-state index in [-0.39, 0.29) is 16.6 Å². The van der Waals surface area contributed by atoms with Crippen LogP contribution in [0.1, 0.15) is 19.8 Å². The molecular weight excluding hydrogens is 348 g/mol. The number of rotatable bonds is 8. The third-order valence-electron chi connectivity index (χ3n) is 2.77. The summed E-state index contributed by atoms with van der Waals surface area (Å²) in [5, 5.41) is 0.170. The third kappa shape index (κ3) is 5.39. The molecule has 0 radical (unpaired) electrons. The topological polar surface area (TPSA) is 81.2 Å². The summed E-state index contributed by atoms with van der Waals surface area (Å²) in [6.07, 6.45) is 1.34. The van der Waals surface area contributed by atoms with E-state index < -0.39 is 16.6 Å². The predicted molar refractivity (Wildman–Crippen MR) is 84.3 cm³/mol. The minimum absolute atomic E-state index is 0.0259. The second kappa shape index (κ2) is 7.64. The van der Waals surface area contributed by atoms with Crippen molar-refractivity contribution in [3.8, 4) is 17.1 Å². The summed E-state index contributed by atoms with van der Waals surface area (Å²) in [6, 6.07) is 5.78. The smallest absolute Gasteiger partial charge is 0.387 e. The number of unbranched alkanes of at least 4 members (excludes halogenated alkanes) is 1. The predicted octanol–water partition coefficient (Wildman–Crippen LogP) is 3.35. The van der Waals surface area contributed by atoms with E-state index in [2.05, 4.69) is 18.8 Å². The highest BCUT2D eigenvalue weighted by Gasteiger charge is 2.14. The van der Waals surface area contributed by atoms with Gasteiger partial charge in [0, 0.05) is 17.1 Å². The molecule has 6 nitrogen and oxygen atoms in total. The Labute approximate surface area is 136 Å². The molecule has 0 aliphatic heterocycles. The molecule has 0 fully saturated rings. The molecule has 2 rings (SSSR count). The number of hydrogen-bond donors (Lipinski definition) is 1. The van der Waals surface area contributed by atoms with Crippen LogP contribution in [0.25, 0.3) is 11.4 Å². The van der Waals surface area contributed by atoms with Crippen molar-refractivity contribution in [3.63, 3.8) is 0 Å². The number of benzene rings is 1. The first-order chi connectivity index (χ1) is 10.9. The van der Waals surface area contributed by atoms with Gasteiger partial charge in [0.05, 0.1) is 5.75 Å². The van der Waals surface area contributed by atoms with Crippen molar-refractivity contribution in [2.75, 3.05) is 10.5 Å². The maximum atomic E-state index is 12.1. The molecule has 0 saturated heterocycles. The lowest BCUT2D eigenvalue weighted by Gasteiger charge is -2.04. The summed E-state index contributed by atoms with van der Waals surface area (Å²) in [4.78, 5) is 4.09. The van der Waals surface area contributed by atoms with E-state index in [4.69, 9.17) is 0 Å². The monoisotopic (exact) mass is 363 g/mol. The quantitative estimate of drug-likeness (QED) is 0.778. The molecule has 0 spiro atoms. The summed E-state index contributed by atoms with van der Waals surface area (Å²) < 4.78 is 58.4. The number of ether oxygens (including phenoxy) is 1. The lowest BCUT2D eigenvalue weighted by Crippen LogP contribution is -2.16. The Morgan fingerprint density at radius 2 is 2.00 bits per heavy atom. The number of alkyl halides is 2. The molecule has 0 unspecified atom stereocenters. The van der Waals surface area contributed by atoms with Gasteiger partial charge >= 0.3 is 6.61 Å². The zero-order chi connectivity index (χ0) is 16.9. The van der Waals surface area contributed by atoms with E-state index in [1.807, 2.05) is 6.92 Å². The largest absolute Gasteiger partial charge is 0.435 e. The number of sulfonamides is 1. The van der Waals surface area contributed by atoms with Crippen LogP contribution in [0.2, 0.25) is 0 Å². The van der Waals surface area contributed by atoms with Crippen molar-refractivity contribution in [3.05, 3.63) is 24.3 Å². The number of nitrogens with one attached hydrogen (secondary N) is 1. The first kappa shape index (κ1) is 17.5. The molecule has 1 heterocycles. The maximum Gasteiger partial charge on any atom is 0.387 e. The minimum atomic E-state index is -3.43. The lowest BCUT2D eigenvalue weighted by atomic mass is 10.2. The van der Waals surface area contributed by atoms with Crippen LogP contribution >= 0.6 is 11.5 Å². The minimum Gasteiger partial charge on any atom is -0.435 e. The van der Waals surface area contributed by atoms with Gasteiger partial charge in [-0.25, -0.2) is 8.42 Å². The molecule has 1 aromatic carbocycles. The summed E-state index contributed by atoms with van der Waals surface area (Å²) in [5.74, 6) is 0.365. The van der Waals surface area contributed by atoms with Crippen molar-refractivity contribution >= 4 is 26.7 Å². The van der Waals surface area contributed by atoms with E-state index in [1.165, 1.54) is 24.3 Å². The molecule has 1 aromatic heterocycles. The van der Waals surface area contributed by atoms with E-state index >= 15 is 0 Å². The maximum absolute atomic E-state index is 12.1. The Bertz CT molecular complexity index is 733. The number of halogens is 2. The first-order valence-corrected chi connectivity index (χ1v) is 9.21. The van der Waals surface area contributed by atoms with Crippen LogP contribution in [0.5, 0.6) is 5.75 Å². The van der Waals surface area contributed by atoms with Crippen molar-refractivity contribution in [2.24, 2.45) is 0 Å². The van der Waals surface area contributed by atoms with Crippen LogP contribution in [0.15, 0.2) is 24.3 Å². The van der Waals surface area contributed by atoms with Gasteiger partial charge in [-0.1, -0.05) is 13.3 Å². The van der Waals surface area contributed by atoms with Crippen LogP contribution in [0, 0.1) is 0 Å². The normalized spacial score (nSPS) is 11.7. The second-order valence-electron chi connectivity index (χ2n) is 4.60. The van der Waals surface area contributed by atoms with Crippen LogP contribution in [0.3, 0.4) is 0 Å². The van der Waals surface area contributed by atoms with Gasteiger partial charge in [-0.3, -0.25) is 4.72 Å². The second-order valence-corrected chi connectivity index (χ2v) is 7.19. The Morgan fingerprint density at radius 3 is 2.61 bits per heavy atom. The fourth-order valence-electron chi connectivity index (χ4n) is 1.69. The fourth-order valence-corrected chi connectivity index (χ4v) is 3.74. The highest BCUT2D eigenvalue weighted by atomic mass is 32.2. The average molecular weight is 363 g/mol. The van der Waals surface area contributed by atoms with Gasteiger partial charge in [0.2, 0.25) is 15.2 Å². The highest BCUT2D eigenvalue weighted by molar-refractivity contribution is 7.92. The number of hydrogen-bond acceptors (Lipinski definition) is 6. The van der Waals surface area contributed by atoms with Gasteiger partial charge in [0.1, 0.15) is 5.75 Å². The van der Waals surface area contributed by atoms with E-state index in [0.29, 0.717) is 17.8 Å². The van der Waals surface area contributed by atoms with Gasteiger partial charge in [-0.2, -0.15) is 18.1 Å². The molecule has 2 aromatic rings. The van der Waals surface area contributed by atoms with Crippen molar-refractivity contribution in [1.29, 1.82) is 0 Å². The Hall–Kier alpha value is -1.81. The van der Waals surface area contributed by atoms with Crippen LogP contribution < -0.4 is 9.46 Å². The first-order valence-electron chi connectivity index (χ1n) is 6.79. The van der Waals surface area contributed by atoms with Gasteiger partial charge in [-0.15, -0.1) is 0 Å². The zero-order valence-corrected chi connectivity index (χ0v) is 13.8. The third-order valence-corrected chi connectivity index (χ3v) is 4.86. The summed E-state index contributed by atoms with van der Waals surface area (Å²) >= 11 is 0.917. The van der Waals surface area contributed by atoms with Gasteiger partial charge in [0.15, 0.2) is 5.82 Å². The zero-order valence-electron chi connectivity index (χ0n) is 12.2. The Balaban J connectivity index is 2.07. The summed E-state index contributed by atoms with van der Waals surface area (Å²) in [5.41, 5.74) is 0.571. The molecular formula is C13H15F2N3O3S2. The molecule has 0 atom stereocenters.